The molecule has 0 bridgehead atoms. The van der Waals surface area contributed by atoms with Crippen LogP contribution >= 0.6 is 22.9 Å². The fourth-order valence-electron chi connectivity index (χ4n) is 2.63. The van der Waals surface area contributed by atoms with Crippen LogP contribution in [0.1, 0.15) is 33.5 Å². The van der Waals surface area contributed by atoms with Gasteiger partial charge in [0.15, 0.2) is 5.82 Å². The number of hydrogen-bond donors (Lipinski definition) is 0. The van der Waals surface area contributed by atoms with Crippen LogP contribution < -0.4 is 0 Å². The lowest BCUT2D eigenvalue weighted by Gasteiger charge is -2.14. The molecule has 1 unspecified atom stereocenters. The molecule has 9 heteroatoms. The van der Waals surface area contributed by atoms with Crippen molar-refractivity contribution < 1.29 is 9.32 Å². The van der Waals surface area contributed by atoms with E-state index in [-0.39, 0.29) is 11.8 Å². The minimum Gasteiger partial charge on any atom is -0.337 e. The minimum atomic E-state index is -0.0125. The molecule has 1 aliphatic rings. The molecular weight excluding hydrogens is 334 g/mol. The topological polar surface area (TPSA) is 85.0 Å². The third-order valence-corrected chi connectivity index (χ3v) is 5.40. The van der Waals surface area contributed by atoms with Crippen molar-refractivity contribution in [2.45, 2.75) is 19.3 Å². The zero-order chi connectivity index (χ0) is 15.8. The summed E-state index contributed by atoms with van der Waals surface area (Å²) in [6, 6.07) is 1.95. The van der Waals surface area contributed by atoms with Crippen LogP contribution in [-0.2, 0) is 0 Å². The number of carbonyl (C=O) groups is 1. The normalized spacial score (nSPS) is 17.8. The molecule has 0 spiro atoms. The molecule has 1 atom stereocenters. The molecule has 0 saturated carbocycles. The van der Waals surface area contributed by atoms with Crippen LogP contribution in [0.5, 0.6) is 0 Å². The quantitative estimate of drug-likeness (QED) is 0.724. The van der Waals surface area contributed by atoms with E-state index in [9.17, 15) is 4.79 Å². The maximum Gasteiger partial charge on any atom is 0.267 e. The Hall–Kier alpha value is -2.13. The summed E-state index contributed by atoms with van der Waals surface area (Å²) in [6.45, 7) is 3.08. The molecule has 7 nitrogen and oxygen atoms in total. The summed E-state index contributed by atoms with van der Waals surface area (Å²) in [7, 11) is 0. The van der Waals surface area contributed by atoms with Gasteiger partial charge >= 0.3 is 0 Å². The fourth-order valence-corrected chi connectivity index (χ4v) is 3.89. The summed E-state index contributed by atoms with van der Waals surface area (Å²) in [4.78, 5) is 19.4. The molecule has 0 aliphatic carbocycles. The first-order valence-electron chi connectivity index (χ1n) is 7.17. The molecular formula is C14H13N5O2S2. The van der Waals surface area contributed by atoms with Crippen LogP contribution in [-0.4, -0.2) is 43.6 Å². The summed E-state index contributed by atoms with van der Waals surface area (Å²) >= 11 is 2.73. The Kier molecular flexibility index (Phi) is 3.66. The van der Waals surface area contributed by atoms with Crippen molar-refractivity contribution >= 4 is 28.8 Å². The van der Waals surface area contributed by atoms with Gasteiger partial charge in [-0.2, -0.15) is 16.3 Å². The molecule has 118 valence electrons. The number of nitrogens with zero attached hydrogens (tertiary/aromatic N) is 5. The highest BCUT2D eigenvalue weighted by atomic mass is 32.1. The zero-order valence-electron chi connectivity index (χ0n) is 12.3. The first kappa shape index (κ1) is 14.5. The molecule has 23 heavy (non-hydrogen) atoms. The predicted octanol–water partition coefficient (Wildman–Crippen LogP) is 2.59. The second-order valence-electron chi connectivity index (χ2n) is 5.39. The largest absolute Gasteiger partial charge is 0.337 e. The van der Waals surface area contributed by atoms with Crippen molar-refractivity contribution in [3.05, 3.63) is 33.2 Å². The number of thiophene rings is 1. The molecule has 1 saturated heterocycles. The van der Waals surface area contributed by atoms with Crippen molar-refractivity contribution in [1.82, 2.24) is 24.6 Å². The highest BCUT2D eigenvalue weighted by molar-refractivity contribution is 7.08. The van der Waals surface area contributed by atoms with Crippen LogP contribution in [0.2, 0.25) is 0 Å². The molecule has 0 radical (unpaired) electrons. The molecule has 1 fully saturated rings. The van der Waals surface area contributed by atoms with E-state index in [0.29, 0.717) is 35.4 Å². The monoisotopic (exact) mass is 347 g/mol. The lowest BCUT2D eigenvalue weighted by Crippen LogP contribution is -2.28. The number of hydrogen-bond acceptors (Lipinski definition) is 8. The summed E-state index contributed by atoms with van der Waals surface area (Å²) in [6.07, 6.45) is 0.833. The van der Waals surface area contributed by atoms with E-state index in [1.807, 2.05) is 21.7 Å². The minimum absolute atomic E-state index is 0.0125. The van der Waals surface area contributed by atoms with Crippen LogP contribution in [0.15, 0.2) is 21.3 Å². The molecule has 4 heterocycles. The summed E-state index contributed by atoms with van der Waals surface area (Å²) < 4.78 is 9.16. The van der Waals surface area contributed by atoms with Gasteiger partial charge in [0.05, 0.1) is 11.3 Å². The van der Waals surface area contributed by atoms with Gasteiger partial charge in [0.1, 0.15) is 4.88 Å². The van der Waals surface area contributed by atoms with E-state index in [4.69, 9.17) is 4.52 Å². The Balaban J connectivity index is 1.48. The van der Waals surface area contributed by atoms with E-state index in [2.05, 4.69) is 19.7 Å². The summed E-state index contributed by atoms with van der Waals surface area (Å²) in [5.41, 5.74) is 1.62. The van der Waals surface area contributed by atoms with Crippen molar-refractivity contribution in [1.29, 1.82) is 0 Å². The first-order chi connectivity index (χ1) is 11.2. The van der Waals surface area contributed by atoms with Crippen LogP contribution in [0.4, 0.5) is 0 Å². The van der Waals surface area contributed by atoms with E-state index < -0.39 is 0 Å². The SMILES string of the molecule is Cc1nnsc1C(=O)N1CCC(c2noc(-c3ccsc3)n2)C1. The first-order valence-corrected chi connectivity index (χ1v) is 8.88. The maximum atomic E-state index is 12.5. The van der Waals surface area contributed by atoms with Gasteiger partial charge in [0.2, 0.25) is 0 Å². The Morgan fingerprint density at radius 2 is 2.39 bits per heavy atom. The van der Waals surface area contributed by atoms with E-state index >= 15 is 0 Å². The number of amides is 1. The van der Waals surface area contributed by atoms with Crippen molar-refractivity contribution in [2.75, 3.05) is 13.1 Å². The van der Waals surface area contributed by atoms with Gasteiger partial charge in [-0.15, -0.1) is 5.10 Å². The number of likely N-dealkylation sites (tertiary alicyclic amines) is 1. The highest BCUT2D eigenvalue weighted by Crippen LogP contribution is 2.29. The highest BCUT2D eigenvalue weighted by Gasteiger charge is 2.32. The molecule has 3 aromatic heterocycles. The molecule has 1 aliphatic heterocycles. The van der Waals surface area contributed by atoms with Crippen molar-refractivity contribution in [3.8, 4) is 11.5 Å². The number of rotatable bonds is 3. The third kappa shape index (κ3) is 2.66. The molecule has 1 amide bonds. The Labute approximate surface area is 140 Å². The molecule has 0 aromatic carbocycles. The second-order valence-corrected chi connectivity index (χ2v) is 6.93. The summed E-state index contributed by atoms with van der Waals surface area (Å²) in [5.74, 6) is 1.30. The van der Waals surface area contributed by atoms with E-state index in [1.54, 1.807) is 18.3 Å². The lowest BCUT2D eigenvalue weighted by atomic mass is 10.1. The Morgan fingerprint density at radius 3 is 3.13 bits per heavy atom. The molecule has 3 aromatic rings. The van der Waals surface area contributed by atoms with Crippen LogP contribution in [0, 0.1) is 6.92 Å². The maximum absolute atomic E-state index is 12.5. The van der Waals surface area contributed by atoms with Crippen LogP contribution in [0.25, 0.3) is 11.5 Å². The number of aromatic nitrogens is 4. The van der Waals surface area contributed by atoms with Gasteiger partial charge in [-0.1, -0.05) is 9.64 Å². The van der Waals surface area contributed by atoms with Gasteiger partial charge in [0, 0.05) is 24.4 Å². The lowest BCUT2D eigenvalue weighted by molar-refractivity contribution is 0.0794. The summed E-state index contributed by atoms with van der Waals surface area (Å²) in [5, 5.41) is 11.9. The number of carbonyl (C=O) groups excluding carboxylic acids is 1. The zero-order valence-corrected chi connectivity index (χ0v) is 13.9. The molecule has 0 N–H and O–H groups in total. The second kappa shape index (κ2) is 5.82. The Bertz CT molecular complexity index is 826. The van der Waals surface area contributed by atoms with E-state index in [1.165, 1.54) is 0 Å². The molecule has 4 rings (SSSR count). The predicted molar refractivity (Wildman–Crippen MR) is 85.5 cm³/mol. The average Bonchev–Trinajstić information content (AvgIpc) is 3.31. The fraction of sp³-hybridized carbons (Fsp3) is 0.357. The van der Waals surface area contributed by atoms with Gasteiger partial charge in [0.25, 0.3) is 11.8 Å². The van der Waals surface area contributed by atoms with Gasteiger partial charge in [-0.05, 0) is 36.3 Å². The Morgan fingerprint density at radius 1 is 1.48 bits per heavy atom. The van der Waals surface area contributed by atoms with Crippen molar-refractivity contribution in [3.63, 3.8) is 0 Å². The standard InChI is InChI=1S/C14H13N5O2S2/c1-8-11(23-18-16-8)14(20)19-4-2-9(6-19)12-15-13(21-17-12)10-3-5-22-7-10/h3,5,7,9H,2,4,6H2,1H3. The van der Waals surface area contributed by atoms with E-state index in [0.717, 1.165) is 23.5 Å². The van der Waals surface area contributed by atoms with Gasteiger partial charge in [-0.3, -0.25) is 4.79 Å². The number of aryl methyl sites for hydroxylation is 1. The van der Waals surface area contributed by atoms with Gasteiger partial charge < -0.3 is 9.42 Å². The third-order valence-electron chi connectivity index (χ3n) is 3.90. The van der Waals surface area contributed by atoms with Crippen molar-refractivity contribution in [2.24, 2.45) is 0 Å². The van der Waals surface area contributed by atoms with Crippen LogP contribution in [0.3, 0.4) is 0 Å². The smallest absolute Gasteiger partial charge is 0.267 e. The average molecular weight is 347 g/mol. The van der Waals surface area contributed by atoms with Gasteiger partial charge in [-0.25, -0.2) is 0 Å².